The van der Waals surface area contributed by atoms with Crippen molar-refractivity contribution in [3.05, 3.63) is 88.7 Å². The predicted molar refractivity (Wildman–Crippen MR) is 133 cm³/mol. The summed E-state index contributed by atoms with van der Waals surface area (Å²) in [5.41, 5.74) is 3.35. The molecule has 0 fully saturated rings. The minimum Gasteiger partial charge on any atom is -0.350 e. The van der Waals surface area contributed by atoms with Crippen LogP contribution in [0.25, 0.3) is 0 Å². The van der Waals surface area contributed by atoms with Gasteiger partial charge in [0.1, 0.15) is 11.2 Å². The summed E-state index contributed by atoms with van der Waals surface area (Å²) in [5.74, 6) is -0.362. The van der Waals surface area contributed by atoms with Crippen LogP contribution in [0.1, 0.15) is 67.5 Å². The molecule has 6 nitrogen and oxygen atoms in total. The van der Waals surface area contributed by atoms with Gasteiger partial charge in [-0.05, 0) is 36.1 Å². The number of hydrogen-bond acceptors (Lipinski definition) is 3. The lowest BCUT2D eigenvalue weighted by Crippen LogP contribution is -2.63. The summed E-state index contributed by atoms with van der Waals surface area (Å²) in [6.07, 6.45) is 0.956. The Labute approximate surface area is 202 Å². The first kappa shape index (κ1) is 23.7. The van der Waals surface area contributed by atoms with Crippen LogP contribution < -0.4 is 5.32 Å². The molecule has 0 spiro atoms. The summed E-state index contributed by atoms with van der Waals surface area (Å²) in [4.78, 5) is 29.1. The van der Waals surface area contributed by atoms with E-state index in [0.717, 1.165) is 23.2 Å². The van der Waals surface area contributed by atoms with Crippen molar-refractivity contribution in [2.75, 3.05) is 0 Å². The van der Waals surface area contributed by atoms with Gasteiger partial charge in [0.15, 0.2) is 0 Å². The zero-order chi connectivity index (χ0) is 24.5. The Morgan fingerprint density at radius 1 is 1.03 bits per heavy atom. The average Bonchev–Trinajstić information content (AvgIpc) is 3.26. The lowest BCUT2D eigenvalue weighted by molar-refractivity contribution is -0.133. The Kier molecular flexibility index (Phi) is 6.34. The molecule has 0 unspecified atom stereocenters. The van der Waals surface area contributed by atoms with E-state index in [0.29, 0.717) is 25.3 Å². The highest BCUT2D eigenvalue weighted by Crippen LogP contribution is 2.32. The molecule has 6 heteroatoms. The fourth-order valence-electron chi connectivity index (χ4n) is 4.29. The van der Waals surface area contributed by atoms with E-state index in [4.69, 9.17) is 5.10 Å². The predicted octanol–water partition coefficient (Wildman–Crippen LogP) is 4.47. The number of hydrogen-bond donors (Lipinski definition) is 1. The topological polar surface area (TPSA) is 67.2 Å². The number of amides is 2. The van der Waals surface area contributed by atoms with E-state index in [9.17, 15) is 9.59 Å². The van der Waals surface area contributed by atoms with Crippen molar-refractivity contribution >= 4 is 11.8 Å². The van der Waals surface area contributed by atoms with Crippen LogP contribution in [-0.2, 0) is 36.3 Å². The average molecular weight is 459 g/mol. The highest BCUT2D eigenvalue weighted by molar-refractivity contribution is 5.99. The molecule has 2 amide bonds. The van der Waals surface area contributed by atoms with Gasteiger partial charge in [0.05, 0.1) is 12.2 Å². The second-order valence-electron chi connectivity index (χ2n) is 10.3. The molecule has 2 heterocycles. The minimum absolute atomic E-state index is 0.175. The summed E-state index contributed by atoms with van der Waals surface area (Å²) in [6, 6.07) is 19.9. The molecule has 1 N–H and O–H groups in total. The number of fused-ring (bicyclic) bond motifs is 1. The van der Waals surface area contributed by atoms with Crippen molar-refractivity contribution in [1.29, 1.82) is 0 Å². The fourth-order valence-corrected chi connectivity index (χ4v) is 4.29. The molecule has 3 aromatic rings. The number of carbonyl (C=O) groups is 2. The molecule has 1 aliphatic heterocycles. The Morgan fingerprint density at radius 2 is 1.68 bits per heavy atom. The third-order valence-electron chi connectivity index (χ3n) is 6.62. The molecule has 0 saturated heterocycles. The van der Waals surface area contributed by atoms with Crippen LogP contribution in [0.5, 0.6) is 0 Å². The highest BCUT2D eigenvalue weighted by Gasteiger charge is 2.48. The molecule has 34 heavy (non-hydrogen) atoms. The first-order valence-electron chi connectivity index (χ1n) is 11.9. The van der Waals surface area contributed by atoms with E-state index < -0.39 is 5.54 Å². The second kappa shape index (κ2) is 9.09. The molecular formula is C28H34N4O2. The van der Waals surface area contributed by atoms with Gasteiger partial charge >= 0.3 is 0 Å². The van der Waals surface area contributed by atoms with Gasteiger partial charge < -0.3 is 10.2 Å². The van der Waals surface area contributed by atoms with Crippen molar-refractivity contribution in [3.8, 4) is 0 Å². The third kappa shape index (κ3) is 4.63. The van der Waals surface area contributed by atoms with Crippen LogP contribution >= 0.6 is 0 Å². The minimum atomic E-state index is -1.08. The molecule has 4 rings (SSSR count). The molecule has 178 valence electrons. The third-order valence-corrected chi connectivity index (χ3v) is 6.62. The number of nitrogens with one attached hydrogen (secondary N) is 1. The number of nitrogens with zero attached hydrogens (tertiary/aromatic N) is 3. The largest absolute Gasteiger partial charge is 0.350 e. The maximum absolute atomic E-state index is 13.8. The van der Waals surface area contributed by atoms with Crippen molar-refractivity contribution in [2.45, 2.75) is 71.6 Å². The fraction of sp³-hybridized carbons (Fsp3) is 0.393. The van der Waals surface area contributed by atoms with Crippen molar-refractivity contribution in [2.24, 2.45) is 0 Å². The van der Waals surface area contributed by atoms with Gasteiger partial charge in [0, 0.05) is 18.5 Å². The summed E-state index contributed by atoms with van der Waals surface area (Å²) >= 11 is 0. The van der Waals surface area contributed by atoms with Gasteiger partial charge in [-0.15, -0.1) is 0 Å². The summed E-state index contributed by atoms with van der Waals surface area (Å²) in [6.45, 7) is 11.2. The van der Waals surface area contributed by atoms with Crippen LogP contribution in [0.2, 0.25) is 0 Å². The van der Waals surface area contributed by atoms with Crippen LogP contribution in [0.4, 0.5) is 0 Å². The highest BCUT2D eigenvalue weighted by atomic mass is 16.2. The summed E-state index contributed by atoms with van der Waals surface area (Å²) < 4.78 is 1.71. The molecule has 1 aromatic heterocycles. The molecule has 0 saturated carbocycles. The van der Waals surface area contributed by atoms with E-state index in [1.807, 2.05) is 55.5 Å². The summed E-state index contributed by atoms with van der Waals surface area (Å²) in [5, 5.41) is 7.78. The Bertz CT molecular complexity index is 1180. The lowest BCUT2D eigenvalue weighted by atomic mass is 9.91. The first-order valence-corrected chi connectivity index (χ1v) is 11.9. The van der Waals surface area contributed by atoms with Crippen molar-refractivity contribution in [1.82, 2.24) is 20.0 Å². The molecule has 2 aromatic carbocycles. The number of aromatic nitrogens is 2. The number of aryl methyl sites for hydroxylation is 1. The van der Waals surface area contributed by atoms with Gasteiger partial charge in [0.2, 0.25) is 5.91 Å². The number of benzene rings is 2. The molecule has 0 bridgehead atoms. The molecule has 1 aliphatic rings. The van der Waals surface area contributed by atoms with Crippen molar-refractivity contribution < 1.29 is 9.59 Å². The standard InChI is InChI=1S/C28H34N4O2/c1-6-20-12-14-22(15-13-20)18-31-25(33)23-16-24(27(2,3)4)30-32(23)19-28(31,5)26(34)29-17-21-10-8-7-9-11-21/h7-16H,6,17-19H2,1-5H3,(H,29,34)/t28-/m0/s1. The van der Waals surface area contributed by atoms with E-state index in [2.05, 4.69) is 45.1 Å². The Balaban J connectivity index is 1.68. The van der Waals surface area contributed by atoms with E-state index in [-0.39, 0.29) is 17.2 Å². The SMILES string of the molecule is CCc1ccc(CN2C(=O)c3cc(C(C)(C)C)nn3C[C@@]2(C)C(=O)NCc2ccccc2)cc1. The molecule has 0 radical (unpaired) electrons. The maximum Gasteiger partial charge on any atom is 0.273 e. The van der Waals surface area contributed by atoms with Gasteiger partial charge in [-0.25, -0.2) is 0 Å². The zero-order valence-electron chi connectivity index (χ0n) is 20.8. The van der Waals surface area contributed by atoms with Gasteiger partial charge in [-0.3, -0.25) is 14.3 Å². The maximum atomic E-state index is 13.8. The summed E-state index contributed by atoms with van der Waals surface area (Å²) in [7, 11) is 0. The Morgan fingerprint density at radius 3 is 2.29 bits per heavy atom. The van der Waals surface area contributed by atoms with Gasteiger partial charge in [-0.2, -0.15) is 5.10 Å². The number of carbonyl (C=O) groups excluding carboxylic acids is 2. The smallest absolute Gasteiger partial charge is 0.273 e. The van der Waals surface area contributed by atoms with Crippen LogP contribution in [0, 0.1) is 0 Å². The number of rotatable bonds is 6. The first-order chi connectivity index (χ1) is 16.1. The zero-order valence-corrected chi connectivity index (χ0v) is 20.8. The van der Waals surface area contributed by atoms with E-state index >= 15 is 0 Å². The quantitative estimate of drug-likeness (QED) is 0.592. The van der Waals surface area contributed by atoms with Gasteiger partial charge in [-0.1, -0.05) is 82.3 Å². The van der Waals surface area contributed by atoms with Crippen LogP contribution in [0.15, 0.2) is 60.7 Å². The monoisotopic (exact) mass is 458 g/mol. The van der Waals surface area contributed by atoms with E-state index in [1.165, 1.54) is 5.56 Å². The lowest BCUT2D eigenvalue weighted by Gasteiger charge is -2.43. The van der Waals surface area contributed by atoms with Gasteiger partial charge in [0.25, 0.3) is 5.91 Å². The molecular weight excluding hydrogens is 424 g/mol. The molecule has 1 atom stereocenters. The normalized spacial score (nSPS) is 18.0. The van der Waals surface area contributed by atoms with Crippen LogP contribution in [-0.4, -0.2) is 32.0 Å². The molecule has 0 aliphatic carbocycles. The second-order valence-corrected chi connectivity index (χ2v) is 10.3. The van der Waals surface area contributed by atoms with E-state index in [1.54, 1.807) is 9.58 Å². The van der Waals surface area contributed by atoms with Crippen LogP contribution in [0.3, 0.4) is 0 Å². The van der Waals surface area contributed by atoms with Crippen molar-refractivity contribution in [3.63, 3.8) is 0 Å². The Hall–Kier alpha value is -3.41.